The number of benzene rings is 2. The predicted octanol–water partition coefficient (Wildman–Crippen LogP) is 3.50. The normalized spacial score (nSPS) is 14.1. The summed E-state index contributed by atoms with van der Waals surface area (Å²) < 4.78 is 37.2. The summed E-state index contributed by atoms with van der Waals surface area (Å²) in [5.41, 5.74) is 3.45. The van der Waals surface area contributed by atoms with Gasteiger partial charge >= 0.3 is 0 Å². The second kappa shape index (κ2) is 9.60. The number of fused-ring (bicyclic) bond motifs is 1. The van der Waals surface area contributed by atoms with Crippen molar-refractivity contribution in [2.24, 2.45) is 0 Å². The molecule has 2 aromatic rings. The maximum Gasteiger partial charge on any atom is 0.232 e. The zero-order valence-electron chi connectivity index (χ0n) is 18.5. The summed E-state index contributed by atoms with van der Waals surface area (Å²) in [6, 6.07) is 11.2. The molecule has 0 spiro atoms. The molecule has 0 saturated carbocycles. The van der Waals surface area contributed by atoms with Gasteiger partial charge in [-0.3, -0.25) is 9.10 Å². The Morgan fingerprint density at radius 1 is 1.10 bits per heavy atom. The Morgan fingerprint density at radius 2 is 1.81 bits per heavy atom. The number of hydrogen-bond donors (Lipinski definition) is 1. The van der Waals surface area contributed by atoms with E-state index in [2.05, 4.69) is 5.32 Å². The summed E-state index contributed by atoms with van der Waals surface area (Å²) >= 11 is 0. The van der Waals surface area contributed by atoms with Gasteiger partial charge in [-0.15, -0.1) is 0 Å². The zero-order valence-corrected chi connectivity index (χ0v) is 19.3. The van der Waals surface area contributed by atoms with Gasteiger partial charge in [0.2, 0.25) is 15.9 Å². The summed E-state index contributed by atoms with van der Waals surface area (Å²) in [5, 5.41) is 2.97. The maximum atomic E-state index is 12.5. The third-order valence-corrected chi connectivity index (χ3v) is 6.42. The number of hydrogen-bond acceptors (Lipinski definition) is 5. The maximum absolute atomic E-state index is 12.5. The minimum atomic E-state index is -3.45. The van der Waals surface area contributed by atoms with E-state index in [1.165, 1.54) is 10.6 Å². The lowest BCUT2D eigenvalue weighted by Gasteiger charge is -2.25. The smallest absolute Gasteiger partial charge is 0.232 e. The van der Waals surface area contributed by atoms with Crippen LogP contribution in [0.25, 0.3) is 0 Å². The molecule has 0 aromatic heterocycles. The first-order valence-corrected chi connectivity index (χ1v) is 12.2. The zero-order chi connectivity index (χ0) is 22.6. The van der Waals surface area contributed by atoms with Crippen molar-refractivity contribution < 1.29 is 22.7 Å². The van der Waals surface area contributed by atoms with Crippen LogP contribution in [0.3, 0.4) is 0 Å². The van der Waals surface area contributed by atoms with Crippen molar-refractivity contribution in [3.8, 4) is 11.5 Å². The van der Waals surface area contributed by atoms with E-state index < -0.39 is 10.0 Å². The molecule has 31 heavy (non-hydrogen) atoms. The molecule has 2 aromatic carbocycles. The molecule has 0 saturated heterocycles. The van der Waals surface area contributed by atoms with E-state index in [-0.39, 0.29) is 24.9 Å². The van der Waals surface area contributed by atoms with Crippen LogP contribution >= 0.6 is 0 Å². The number of anilines is 1. The predicted molar refractivity (Wildman–Crippen MR) is 121 cm³/mol. The first-order valence-electron chi connectivity index (χ1n) is 10.4. The minimum Gasteiger partial charge on any atom is -0.486 e. The number of nitrogens with zero attached hydrogens (tertiary/aromatic N) is 1. The SMILES string of the molecule is Cc1ccc(C)c(N(CCCC(=O)N[C@@H](C)c2ccc3c(c2)OCCO3)S(C)(=O)=O)c1. The quantitative estimate of drug-likeness (QED) is 0.671. The second-order valence-electron chi connectivity index (χ2n) is 7.92. The highest BCUT2D eigenvalue weighted by Gasteiger charge is 2.20. The van der Waals surface area contributed by atoms with Gasteiger partial charge in [0, 0.05) is 13.0 Å². The molecule has 1 amide bonds. The van der Waals surface area contributed by atoms with Crippen LogP contribution in [0.15, 0.2) is 36.4 Å². The summed E-state index contributed by atoms with van der Waals surface area (Å²) in [6.07, 6.45) is 1.84. The Morgan fingerprint density at radius 3 is 2.52 bits per heavy atom. The van der Waals surface area contributed by atoms with E-state index in [0.29, 0.717) is 36.8 Å². The van der Waals surface area contributed by atoms with Crippen LogP contribution < -0.4 is 19.1 Å². The molecular formula is C23H30N2O5S. The van der Waals surface area contributed by atoms with Gasteiger partial charge in [0.1, 0.15) is 13.2 Å². The molecule has 3 rings (SSSR count). The minimum absolute atomic E-state index is 0.128. The van der Waals surface area contributed by atoms with Crippen LogP contribution in [0, 0.1) is 13.8 Å². The second-order valence-corrected chi connectivity index (χ2v) is 9.83. The lowest BCUT2D eigenvalue weighted by Crippen LogP contribution is -2.33. The monoisotopic (exact) mass is 446 g/mol. The molecular weight excluding hydrogens is 416 g/mol. The average Bonchev–Trinajstić information content (AvgIpc) is 2.72. The summed E-state index contributed by atoms with van der Waals surface area (Å²) in [4.78, 5) is 12.5. The number of amides is 1. The van der Waals surface area contributed by atoms with Crippen molar-refractivity contribution in [2.75, 3.05) is 30.3 Å². The number of nitrogens with one attached hydrogen (secondary N) is 1. The molecule has 8 heteroatoms. The fourth-order valence-electron chi connectivity index (χ4n) is 3.56. The topological polar surface area (TPSA) is 84.9 Å². The summed E-state index contributed by atoms with van der Waals surface area (Å²) in [7, 11) is -3.45. The first kappa shape index (κ1) is 22.9. The molecule has 0 bridgehead atoms. The Bertz CT molecular complexity index is 1050. The third kappa shape index (κ3) is 5.91. The van der Waals surface area contributed by atoms with Crippen LogP contribution in [0.4, 0.5) is 5.69 Å². The number of aryl methyl sites for hydroxylation is 2. The molecule has 0 aliphatic carbocycles. The summed E-state index contributed by atoms with van der Waals surface area (Å²) in [5.74, 6) is 1.26. The number of carbonyl (C=O) groups excluding carboxylic acids is 1. The van der Waals surface area contributed by atoms with E-state index in [9.17, 15) is 13.2 Å². The highest BCUT2D eigenvalue weighted by atomic mass is 32.2. The van der Waals surface area contributed by atoms with E-state index in [4.69, 9.17) is 9.47 Å². The van der Waals surface area contributed by atoms with Gasteiger partial charge in [-0.25, -0.2) is 8.42 Å². The van der Waals surface area contributed by atoms with Crippen LogP contribution in [-0.4, -0.2) is 40.3 Å². The molecule has 0 radical (unpaired) electrons. The van der Waals surface area contributed by atoms with Gasteiger partial charge in [0.15, 0.2) is 11.5 Å². The van der Waals surface area contributed by atoms with E-state index >= 15 is 0 Å². The van der Waals surface area contributed by atoms with Gasteiger partial charge in [-0.05, 0) is 62.1 Å². The van der Waals surface area contributed by atoms with Crippen LogP contribution in [0.5, 0.6) is 11.5 Å². The molecule has 0 unspecified atom stereocenters. The number of carbonyl (C=O) groups is 1. The lowest BCUT2D eigenvalue weighted by atomic mass is 10.1. The van der Waals surface area contributed by atoms with Gasteiger partial charge < -0.3 is 14.8 Å². The molecule has 1 aliphatic heterocycles. The van der Waals surface area contributed by atoms with Crippen LogP contribution in [0.2, 0.25) is 0 Å². The third-order valence-electron chi connectivity index (χ3n) is 5.24. The molecule has 1 heterocycles. The highest BCUT2D eigenvalue weighted by Crippen LogP contribution is 2.32. The Balaban J connectivity index is 1.58. The van der Waals surface area contributed by atoms with Gasteiger partial charge in [0.05, 0.1) is 18.0 Å². The Kier molecular flexibility index (Phi) is 7.10. The molecule has 7 nitrogen and oxygen atoms in total. The Hall–Kier alpha value is -2.74. The highest BCUT2D eigenvalue weighted by molar-refractivity contribution is 7.92. The molecule has 1 aliphatic rings. The van der Waals surface area contributed by atoms with Crippen molar-refractivity contribution >= 4 is 21.6 Å². The standard InChI is InChI=1S/C23H30N2O5S/c1-16-7-8-17(2)20(14-16)25(31(4,27)28)11-5-6-23(26)24-18(3)19-9-10-21-22(15-19)30-13-12-29-21/h7-10,14-15,18H,5-6,11-13H2,1-4H3,(H,24,26)/t18-/m0/s1. The fraction of sp³-hybridized carbons (Fsp3) is 0.435. The Labute approximate surface area is 184 Å². The largest absolute Gasteiger partial charge is 0.486 e. The van der Waals surface area contributed by atoms with Gasteiger partial charge in [0.25, 0.3) is 0 Å². The lowest BCUT2D eigenvalue weighted by molar-refractivity contribution is -0.121. The van der Waals surface area contributed by atoms with Crippen molar-refractivity contribution in [3.63, 3.8) is 0 Å². The van der Waals surface area contributed by atoms with E-state index in [1.807, 2.05) is 57.2 Å². The molecule has 0 fully saturated rings. The average molecular weight is 447 g/mol. The van der Waals surface area contributed by atoms with Gasteiger partial charge in [-0.2, -0.15) is 0 Å². The molecule has 168 valence electrons. The number of rotatable bonds is 8. The van der Waals surface area contributed by atoms with Crippen molar-refractivity contribution in [2.45, 2.75) is 39.7 Å². The van der Waals surface area contributed by atoms with Crippen molar-refractivity contribution in [1.29, 1.82) is 0 Å². The van der Waals surface area contributed by atoms with Crippen molar-refractivity contribution in [1.82, 2.24) is 5.32 Å². The van der Waals surface area contributed by atoms with Gasteiger partial charge in [-0.1, -0.05) is 18.2 Å². The first-order chi connectivity index (χ1) is 14.6. The summed E-state index contributed by atoms with van der Waals surface area (Å²) in [6.45, 7) is 7.00. The number of sulfonamides is 1. The van der Waals surface area contributed by atoms with Crippen LogP contribution in [0.1, 0.15) is 42.5 Å². The molecule has 1 N–H and O–H groups in total. The fourth-order valence-corrected chi connectivity index (χ4v) is 4.58. The van der Waals surface area contributed by atoms with E-state index in [0.717, 1.165) is 16.7 Å². The van der Waals surface area contributed by atoms with Crippen LogP contribution in [-0.2, 0) is 14.8 Å². The van der Waals surface area contributed by atoms with E-state index in [1.54, 1.807) is 0 Å². The molecule has 1 atom stereocenters. The number of ether oxygens (including phenoxy) is 2. The van der Waals surface area contributed by atoms with Crippen molar-refractivity contribution in [3.05, 3.63) is 53.1 Å².